The second kappa shape index (κ2) is 9.21. The molecule has 0 amide bonds. The summed E-state index contributed by atoms with van der Waals surface area (Å²) in [7, 11) is 1.39. The van der Waals surface area contributed by atoms with Crippen molar-refractivity contribution in [3.05, 3.63) is 12.2 Å². The predicted molar refractivity (Wildman–Crippen MR) is 59.4 cm³/mol. The Morgan fingerprint density at radius 3 is 2.86 bits per heavy atom. The molecule has 0 fully saturated rings. The number of halogens is 1. The number of ether oxygens (including phenoxy) is 1. The van der Waals surface area contributed by atoms with Crippen LogP contribution in [-0.2, 0) is 9.53 Å². The number of allylic oxidation sites excluding steroid dienone is 1. The molecule has 0 saturated heterocycles. The normalized spacial score (nSPS) is 13.1. The van der Waals surface area contributed by atoms with Crippen molar-refractivity contribution in [1.82, 2.24) is 0 Å². The lowest BCUT2D eigenvalue weighted by molar-refractivity contribution is -0.140. The third kappa shape index (κ3) is 8.26. The van der Waals surface area contributed by atoms with Crippen LogP contribution in [0.4, 0.5) is 0 Å². The molecule has 0 spiro atoms. The van der Waals surface area contributed by atoms with Gasteiger partial charge in [-0.15, -0.1) is 0 Å². The molecule has 0 aromatic heterocycles. The molecular weight excluding hydrogens is 248 g/mol. The van der Waals surface area contributed by atoms with E-state index in [9.17, 15) is 4.79 Å². The second-order valence-corrected chi connectivity index (χ2v) is 3.63. The Labute approximate surface area is 93.3 Å². The van der Waals surface area contributed by atoms with E-state index in [1.54, 1.807) is 0 Å². The Balaban J connectivity index is 3.31. The van der Waals surface area contributed by atoms with E-state index in [0.29, 0.717) is 18.2 Å². The summed E-state index contributed by atoms with van der Waals surface area (Å²) < 4.78 is 4.50. The highest BCUT2D eigenvalue weighted by molar-refractivity contribution is 9.09. The Kier molecular flexibility index (Phi) is 8.98. The zero-order valence-corrected chi connectivity index (χ0v) is 10.00. The Hall–Kier alpha value is -0.350. The fourth-order valence-electron chi connectivity index (χ4n) is 0.900. The first-order valence-electron chi connectivity index (χ1n) is 4.66. The number of esters is 1. The van der Waals surface area contributed by atoms with Crippen LogP contribution < -0.4 is 0 Å². The van der Waals surface area contributed by atoms with Gasteiger partial charge >= 0.3 is 5.97 Å². The molecule has 0 aromatic carbocycles. The lowest BCUT2D eigenvalue weighted by Gasteiger charge is -2.00. The summed E-state index contributed by atoms with van der Waals surface area (Å²) in [6.07, 6.45) is 6.37. The molecule has 1 atom stereocenters. The van der Waals surface area contributed by atoms with Crippen molar-refractivity contribution in [2.24, 2.45) is 0 Å². The molecule has 0 aliphatic heterocycles. The van der Waals surface area contributed by atoms with E-state index < -0.39 is 0 Å². The molecule has 0 aromatic rings. The van der Waals surface area contributed by atoms with E-state index in [-0.39, 0.29) is 12.1 Å². The van der Waals surface area contributed by atoms with Crippen molar-refractivity contribution in [3.63, 3.8) is 0 Å². The van der Waals surface area contributed by atoms with Crippen molar-refractivity contribution in [1.29, 1.82) is 0 Å². The number of aliphatic hydroxyl groups is 1. The van der Waals surface area contributed by atoms with Gasteiger partial charge in [0.05, 0.1) is 13.2 Å². The number of carbonyl (C=O) groups excluding carboxylic acids is 1. The molecule has 3 nitrogen and oxygen atoms in total. The molecule has 14 heavy (non-hydrogen) atoms. The summed E-state index contributed by atoms with van der Waals surface area (Å²) in [6.45, 7) is 0. The lowest BCUT2D eigenvalue weighted by Crippen LogP contribution is -2.05. The number of hydrogen-bond acceptors (Lipinski definition) is 3. The topological polar surface area (TPSA) is 46.5 Å². The first-order chi connectivity index (χ1) is 6.70. The zero-order valence-electron chi connectivity index (χ0n) is 8.41. The van der Waals surface area contributed by atoms with Crippen LogP contribution in [0.2, 0.25) is 0 Å². The largest absolute Gasteiger partial charge is 0.469 e. The van der Waals surface area contributed by atoms with Crippen LogP contribution in [-0.4, -0.2) is 29.6 Å². The molecule has 0 rings (SSSR count). The average molecular weight is 265 g/mol. The number of alkyl halides is 1. The maximum absolute atomic E-state index is 10.7. The monoisotopic (exact) mass is 264 g/mol. The highest BCUT2D eigenvalue weighted by Crippen LogP contribution is 2.01. The average Bonchev–Trinajstić information content (AvgIpc) is 2.22. The quantitative estimate of drug-likeness (QED) is 0.331. The van der Waals surface area contributed by atoms with E-state index in [1.807, 2.05) is 12.2 Å². The number of unbranched alkanes of at least 4 members (excludes halogenated alkanes) is 1. The van der Waals surface area contributed by atoms with E-state index in [2.05, 4.69) is 20.7 Å². The van der Waals surface area contributed by atoms with Crippen LogP contribution in [0.1, 0.15) is 25.7 Å². The Bertz CT molecular complexity index is 180. The summed E-state index contributed by atoms with van der Waals surface area (Å²) in [4.78, 5) is 10.7. The van der Waals surface area contributed by atoms with Crippen molar-refractivity contribution >= 4 is 21.9 Å². The zero-order chi connectivity index (χ0) is 10.8. The Morgan fingerprint density at radius 2 is 2.29 bits per heavy atom. The van der Waals surface area contributed by atoms with Crippen LogP contribution in [0, 0.1) is 0 Å². The molecule has 1 unspecified atom stereocenters. The van der Waals surface area contributed by atoms with Crippen LogP contribution in [0.15, 0.2) is 12.2 Å². The number of methoxy groups -OCH3 is 1. The van der Waals surface area contributed by atoms with Gasteiger partial charge in [-0.05, 0) is 19.3 Å². The maximum atomic E-state index is 10.7. The molecule has 1 N–H and O–H groups in total. The highest BCUT2D eigenvalue weighted by atomic mass is 79.9. The highest BCUT2D eigenvalue weighted by Gasteiger charge is 1.98. The van der Waals surface area contributed by atoms with Crippen molar-refractivity contribution in [2.75, 3.05) is 12.4 Å². The van der Waals surface area contributed by atoms with E-state index in [1.165, 1.54) is 7.11 Å². The SMILES string of the molecule is COC(=O)CCC/C=C\CC(O)CBr. The van der Waals surface area contributed by atoms with Crippen LogP contribution in [0.3, 0.4) is 0 Å². The van der Waals surface area contributed by atoms with Gasteiger partial charge in [0.25, 0.3) is 0 Å². The number of rotatable bonds is 7. The summed E-state index contributed by atoms with van der Waals surface area (Å²) in [6, 6.07) is 0. The first-order valence-corrected chi connectivity index (χ1v) is 5.78. The third-order valence-electron chi connectivity index (χ3n) is 1.73. The van der Waals surface area contributed by atoms with Crippen molar-refractivity contribution in [3.8, 4) is 0 Å². The van der Waals surface area contributed by atoms with Gasteiger partial charge < -0.3 is 9.84 Å². The number of carbonyl (C=O) groups is 1. The number of hydrogen-bond donors (Lipinski definition) is 1. The predicted octanol–water partition coefficient (Wildman–Crippen LogP) is 2.03. The molecule has 0 aliphatic rings. The third-order valence-corrected chi connectivity index (χ3v) is 2.48. The molecule has 0 heterocycles. The van der Waals surface area contributed by atoms with Crippen LogP contribution in [0.5, 0.6) is 0 Å². The molecule has 0 saturated carbocycles. The van der Waals surface area contributed by atoms with Crippen LogP contribution in [0.25, 0.3) is 0 Å². The molecule has 4 heteroatoms. The van der Waals surface area contributed by atoms with E-state index in [0.717, 1.165) is 12.8 Å². The fourth-order valence-corrected chi connectivity index (χ4v) is 1.16. The fraction of sp³-hybridized carbons (Fsp3) is 0.700. The molecule has 0 bridgehead atoms. The van der Waals surface area contributed by atoms with E-state index in [4.69, 9.17) is 5.11 Å². The molecule has 82 valence electrons. The summed E-state index contributed by atoms with van der Waals surface area (Å²) in [5.41, 5.74) is 0. The van der Waals surface area contributed by atoms with Crippen molar-refractivity contribution < 1.29 is 14.6 Å². The van der Waals surface area contributed by atoms with Gasteiger partial charge in [0, 0.05) is 11.8 Å². The smallest absolute Gasteiger partial charge is 0.305 e. The van der Waals surface area contributed by atoms with E-state index >= 15 is 0 Å². The second-order valence-electron chi connectivity index (χ2n) is 2.98. The molecule has 0 aliphatic carbocycles. The van der Waals surface area contributed by atoms with Gasteiger partial charge in [-0.25, -0.2) is 0 Å². The van der Waals surface area contributed by atoms with Gasteiger partial charge in [-0.3, -0.25) is 4.79 Å². The van der Waals surface area contributed by atoms with Crippen LogP contribution >= 0.6 is 15.9 Å². The standard InChI is InChI=1S/C10H17BrO3/c1-14-10(13)7-5-3-2-4-6-9(12)8-11/h2,4,9,12H,3,5-8H2,1H3/b4-2-. The molecule has 0 radical (unpaired) electrons. The van der Waals surface area contributed by atoms with Gasteiger partial charge in [0.1, 0.15) is 0 Å². The van der Waals surface area contributed by atoms with Gasteiger partial charge in [-0.2, -0.15) is 0 Å². The lowest BCUT2D eigenvalue weighted by atomic mass is 10.2. The summed E-state index contributed by atoms with van der Waals surface area (Å²) >= 11 is 3.18. The van der Waals surface area contributed by atoms with Crippen molar-refractivity contribution in [2.45, 2.75) is 31.8 Å². The Morgan fingerprint density at radius 1 is 1.57 bits per heavy atom. The molecular formula is C10H17BrO3. The minimum atomic E-state index is -0.313. The van der Waals surface area contributed by atoms with Gasteiger partial charge in [-0.1, -0.05) is 28.1 Å². The minimum Gasteiger partial charge on any atom is -0.469 e. The summed E-state index contributed by atoms with van der Waals surface area (Å²) in [5.74, 6) is -0.168. The van der Waals surface area contributed by atoms with Gasteiger partial charge in [0.15, 0.2) is 0 Å². The number of aliphatic hydroxyl groups excluding tert-OH is 1. The maximum Gasteiger partial charge on any atom is 0.305 e. The first kappa shape index (κ1) is 13.7. The summed E-state index contributed by atoms with van der Waals surface area (Å²) in [5, 5.41) is 9.77. The minimum absolute atomic E-state index is 0.168. The van der Waals surface area contributed by atoms with Gasteiger partial charge in [0.2, 0.25) is 0 Å².